The van der Waals surface area contributed by atoms with Crippen molar-refractivity contribution >= 4 is 11.6 Å². The van der Waals surface area contributed by atoms with Crippen LogP contribution in [0.4, 0.5) is 10.1 Å². The van der Waals surface area contributed by atoms with Crippen LogP contribution < -0.4 is 10.1 Å². The number of ether oxygens (including phenoxy) is 1. The summed E-state index contributed by atoms with van der Waals surface area (Å²) in [5.74, 6) is -0.0342. The van der Waals surface area contributed by atoms with Gasteiger partial charge in [-0.3, -0.25) is 4.79 Å². The van der Waals surface area contributed by atoms with Crippen molar-refractivity contribution in [3.63, 3.8) is 0 Å². The van der Waals surface area contributed by atoms with Crippen LogP contribution in [0.1, 0.15) is 17.5 Å². The molecule has 1 aliphatic rings. The standard InChI is InChI=1S/C18H17FN4O2/c1-25-18-15(9-20)16(6-7-21-18)22-14-8-17(24)23(11-14)10-12-2-4-13(19)5-3-12/h2-7,14H,8,10-11H2,1H3,(H,21,22)/t14-/m1/s1. The number of methoxy groups -OCH3 is 1. The normalized spacial score (nSPS) is 16.6. The average molecular weight is 340 g/mol. The van der Waals surface area contributed by atoms with Crippen LogP contribution in [0.25, 0.3) is 0 Å². The maximum absolute atomic E-state index is 13.0. The van der Waals surface area contributed by atoms with Gasteiger partial charge in [-0.1, -0.05) is 12.1 Å². The Morgan fingerprint density at radius 3 is 2.84 bits per heavy atom. The summed E-state index contributed by atoms with van der Waals surface area (Å²) in [5.41, 5.74) is 1.78. The van der Waals surface area contributed by atoms with Gasteiger partial charge in [-0.2, -0.15) is 5.26 Å². The van der Waals surface area contributed by atoms with E-state index in [4.69, 9.17) is 4.74 Å². The fraction of sp³-hybridized carbons (Fsp3) is 0.278. The second-order valence-electron chi connectivity index (χ2n) is 5.80. The monoisotopic (exact) mass is 340 g/mol. The highest BCUT2D eigenvalue weighted by molar-refractivity contribution is 5.80. The zero-order chi connectivity index (χ0) is 17.8. The number of amides is 1. The average Bonchev–Trinajstić information content (AvgIpc) is 2.95. The Labute approximate surface area is 144 Å². The van der Waals surface area contributed by atoms with E-state index in [2.05, 4.69) is 16.4 Å². The van der Waals surface area contributed by atoms with Gasteiger partial charge in [0.25, 0.3) is 0 Å². The van der Waals surface area contributed by atoms with Gasteiger partial charge in [0.05, 0.1) is 18.8 Å². The first kappa shape index (κ1) is 16.7. The minimum Gasteiger partial charge on any atom is -0.480 e. The Hall–Kier alpha value is -3.14. The number of hydrogen-bond donors (Lipinski definition) is 1. The Balaban J connectivity index is 1.69. The summed E-state index contributed by atoms with van der Waals surface area (Å²) >= 11 is 0. The molecule has 1 amide bonds. The molecule has 0 unspecified atom stereocenters. The SMILES string of the molecule is COc1nccc(N[C@@H]2CC(=O)N(Cc3ccc(F)cc3)C2)c1C#N. The third-order valence-electron chi connectivity index (χ3n) is 4.08. The molecule has 25 heavy (non-hydrogen) atoms. The molecule has 1 atom stereocenters. The van der Waals surface area contributed by atoms with Gasteiger partial charge in [0.15, 0.2) is 0 Å². The molecule has 1 aliphatic heterocycles. The highest BCUT2D eigenvalue weighted by atomic mass is 19.1. The van der Waals surface area contributed by atoms with E-state index in [1.165, 1.54) is 19.2 Å². The van der Waals surface area contributed by atoms with Gasteiger partial charge in [0.1, 0.15) is 17.4 Å². The molecule has 1 saturated heterocycles. The number of pyridine rings is 1. The number of nitrogens with zero attached hydrogens (tertiary/aromatic N) is 3. The lowest BCUT2D eigenvalue weighted by molar-refractivity contribution is -0.128. The molecule has 2 heterocycles. The molecule has 1 N–H and O–H groups in total. The second-order valence-corrected chi connectivity index (χ2v) is 5.80. The van der Waals surface area contributed by atoms with Crippen LogP contribution in [-0.4, -0.2) is 35.5 Å². The Morgan fingerprint density at radius 2 is 2.16 bits per heavy atom. The zero-order valence-corrected chi connectivity index (χ0v) is 13.7. The quantitative estimate of drug-likeness (QED) is 0.904. The van der Waals surface area contributed by atoms with E-state index >= 15 is 0 Å². The summed E-state index contributed by atoms with van der Waals surface area (Å²) < 4.78 is 18.1. The topological polar surface area (TPSA) is 78.2 Å². The fourth-order valence-corrected chi connectivity index (χ4v) is 2.88. The minimum atomic E-state index is -0.299. The van der Waals surface area contributed by atoms with E-state index in [1.54, 1.807) is 29.3 Å². The lowest BCUT2D eigenvalue weighted by Crippen LogP contribution is -2.27. The fourth-order valence-electron chi connectivity index (χ4n) is 2.88. The summed E-state index contributed by atoms with van der Waals surface area (Å²) in [7, 11) is 1.45. The number of carbonyl (C=O) groups excluding carboxylic acids is 1. The predicted octanol–water partition coefficient (Wildman–Crippen LogP) is 2.31. The van der Waals surface area contributed by atoms with Crippen molar-refractivity contribution in [2.75, 3.05) is 19.0 Å². The van der Waals surface area contributed by atoms with Gasteiger partial charge < -0.3 is 15.0 Å². The van der Waals surface area contributed by atoms with Crippen LogP contribution in [-0.2, 0) is 11.3 Å². The maximum atomic E-state index is 13.0. The van der Waals surface area contributed by atoms with Gasteiger partial charge in [0, 0.05) is 25.7 Å². The number of benzene rings is 1. The lowest BCUT2D eigenvalue weighted by Gasteiger charge is -2.18. The first-order chi connectivity index (χ1) is 12.1. The molecule has 2 aromatic rings. The number of anilines is 1. The number of hydrogen-bond acceptors (Lipinski definition) is 5. The van der Waals surface area contributed by atoms with Crippen LogP contribution in [0, 0.1) is 17.1 Å². The van der Waals surface area contributed by atoms with Crippen molar-refractivity contribution in [1.82, 2.24) is 9.88 Å². The number of nitriles is 1. The van der Waals surface area contributed by atoms with Crippen LogP contribution in [0.15, 0.2) is 36.5 Å². The van der Waals surface area contributed by atoms with Crippen molar-refractivity contribution in [1.29, 1.82) is 5.26 Å². The Bertz CT molecular complexity index is 817. The largest absolute Gasteiger partial charge is 0.480 e. The number of carbonyl (C=O) groups is 1. The van der Waals surface area contributed by atoms with Crippen LogP contribution in [0.3, 0.4) is 0 Å². The highest BCUT2D eigenvalue weighted by Gasteiger charge is 2.30. The van der Waals surface area contributed by atoms with Crippen LogP contribution in [0.5, 0.6) is 5.88 Å². The number of aromatic nitrogens is 1. The van der Waals surface area contributed by atoms with Gasteiger partial charge >= 0.3 is 0 Å². The van der Waals surface area contributed by atoms with E-state index in [0.717, 1.165) is 5.56 Å². The van der Waals surface area contributed by atoms with Crippen molar-refractivity contribution in [3.8, 4) is 11.9 Å². The Morgan fingerprint density at radius 1 is 1.40 bits per heavy atom. The number of halogens is 1. The molecule has 1 aromatic carbocycles. The van der Waals surface area contributed by atoms with E-state index < -0.39 is 0 Å². The maximum Gasteiger partial charge on any atom is 0.233 e. The second kappa shape index (κ2) is 7.18. The molecule has 0 radical (unpaired) electrons. The smallest absolute Gasteiger partial charge is 0.233 e. The summed E-state index contributed by atoms with van der Waals surface area (Å²) in [6.45, 7) is 0.938. The zero-order valence-electron chi connectivity index (χ0n) is 13.7. The van der Waals surface area contributed by atoms with Crippen LogP contribution in [0.2, 0.25) is 0 Å². The number of likely N-dealkylation sites (tertiary alicyclic amines) is 1. The molecule has 0 saturated carbocycles. The molecule has 1 fully saturated rings. The molecule has 7 heteroatoms. The van der Waals surface area contributed by atoms with Gasteiger partial charge in [0.2, 0.25) is 11.8 Å². The summed E-state index contributed by atoms with van der Waals surface area (Å²) in [6, 6.07) is 9.75. The first-order valence-corrected chi connectivity index (χ1v) is 7.82. The van der Waals surface area contributed by atoms with Crippen molar-refractivity contribution in [2.45, 2.75) is 19.0 Å². The summed E-state index contributed by atoms with van der Waals surface area (Å²) in [5, 5.41) is 12.5. The number of nitrogens with one attached hydrogen (secondary N) is 1. The summed E-state index contributed by atoms with van der Waals surface area (Å²) in [6.07, 6.45) is 1.88. The lowest BCUT2D eigenvalue weighted by atomic mass is 10.2. The van der Waals surface area contributed by atoms with E-state index in [9.17, 15) is 14.4 Å². The third-order valence-corrected chi connectivity index (χ3v) is 4.08. The molecular formula is C18H17FN4O2. The van der Waals surface area contributed by atoms with E-state index in [1.807, 2.05) is 0 Å². The number of rotatable bonds is 5. The summed E-state index contributed by atoms with van der Waals surface area (Å²) in [4.78, 5) is 18.0. The van der Waals surface area contributed by atoms with Crippen molar-refractivity contribution in [2.24, 2.45) is 0 Å². The molecule has 3 rings (SSSR count). The molecule has 1 aromatic heterocycles. The van der Waals surface area contributed by atoms with Gasteiger partial charge in [-0.15, -0.1) is 0 Å². The highest BCUT2D eigenvalue weighted by Crippen LogP contribution is 2.26. The van der Waals surface area contributed by atoms with E-state index in [0.29, 0.717) is 30.8 Å². The predicted molar refractivity (Wildman–Crippen MR) is 89.3 cm³/mol. The van der Waals surface area contributed by atoms with Crippen molar-refractivity contribution in [3.05, 3.63) is 53.5 Å². The molecule has 0 spiro atoms. The molecular weight excluding hydrogens is 323 g/mol. The van der Waals surface area contributed by atoms with Crippen LogP contribution >= 0.6 is 0 Å². The molecule has 0 aliphatic carbocycles. The molecule has 0 bridgehead atoms. The first-order valence-electron chi connectivity index (χ1n) is 7.82. The Kier molecular flexibility index (Phi) is 4.80. The van der Waals surface area contributed by atoms with Gasteiger partial charge in [-0.05, 0) is 23.8 Å². The van der Waals surface area contributed by atoms with E-state index in [-0.39, 0.29) is 23.6 Å². The third kappa shape index (κ3) is 3.69. The molecule has 128 valence electrons. The minimum absolute atomic E-state index is 0.0151. The van der Waals surface area contributed by atoms with Gasteiger partial charge in [-0.25, -0.2) is 9.37 Å². The molecule has 6 nitrogen and oxygen atoms in total. The van der Waals surface area contributed by atoms with Crippen molar-refractivity contribution < 1.29 is 13.9 Å².